The second-order valence-corrected chi connectivity index (χ2v) is 12.1. The molecule has 1 heterocycles. The summed E-state index contributed by atoms with van der Waals surface area (Å²) >= 11 is 6.10. The molecule has 1 fully saturated rings. The van der Waals surface area contributed by atoms with Crippen molar-refractivity contribution in [2.75, 3.05) is 19.7 Å². The van der Waals surface area contributed by atoms with E-state index in [1.807, 2.05) is 18.6 Å². The van der Waals surface area contributed by atoms with E-state index in [1.54, 1.807) is 17.0 Å². The Hall–Kier alpha value is -3.54. The van der Waals surface area contributed by atoms with Crippen LogP contribution in [0.5, 0.6) is 5.75 Å². The normalized spacial score (nSPS) is 17.7. The Bertz CT molecular complexity index is 1520. The second kappa shape index (κ2) is 13.0. The molecule has 3 aromatic carbocycles. The molecule has 2 amide bonds. The van der Waals surface area contributed by atoms with E-state index in [9.17, 15) is 26.8 Å². The highest BCUT2D eigenvalue weighted by Crippen LogP contribution is 2.25. The van der Waals surface area contributed by atoms with Crippen LogP contribution in [0.2, 0.25) is 5.02 Å². The van der Waals surface area contributed by atoms with Gasteiger partial charge in [-0.2, -0.15) is 0 Å². The van der Waals surface area contributed by atoms with Gasteiger partial charge in [0.1, 0.15) is 22.3 Å². The highest BCUT2D eigenvalue weighted by atomic mass is 35.5. The molecular weight excluding hydrogens is 576 g/mol. The Labute approximate surface area is 242 Å². The lowest BCUT2D eigenvalue weighted by Gasteiger charge is -2.44. The summed E-state index contributed by atoms with van der Waals surface area (Å²) in [4.78, 5) is 29.0. The van der Waals surface area contributed by atoms with Crippen molar-refractivity contribution in [2.45, 2.75) is 43.8 Å². The van der Waals surface area contributed by atoms with Crippen molar-refractivity contribution >= 4 is 33.4 Å². The molecule has 12 heteroatoms. The zero-order chi connectivity index (χ0) is 29.7. The van der Waals surface area contributed by atoms with Gasteiger partial charge in [-0.05, 0) is 61.9 Å². The SMILES string of the molecule is CC1CN(C(=O)COc2ccc(Cl)cc2CC(=O)NS(=O)(=O)c2ccccc2F)C(C)CN1Cc1ccc(F)cc1. The molecule has 2 unspecified atom stereocenters. The predicted molar refractivity (Wildman–Crippen MR) is 150 cm³/mol. The molecule has 0 aliphatic carbocycles. The highest BCUT2D eigenvalue weighted by molar-refractivity contribution is 7.90. The minimum absolute atomic E-state index is 0.0476. The molecule has 218 valence electrons. The van der Waals surface area contributed by atoms with Crippen LogP contribution in [0.3, 0.4) is 0 Å². The van der Waals surface area contributed by atoms with Gasteiger partial charge in [0.05, 0.1) is 6.42 Å². The van der Waals surface area contributed by atoms with Crippen LogP contribution >= 0.6 is 11.6 Å². The van der Waals surface area contributed by atoms with Crippen molar-refractivity contribution in [3.05, 3.63) is 94.5 Å². The molecule has 1 aliphatic heterocycles. The van der Waals surface area contributed by atoms with Gasteiger partial charge in [0, 0.05) is 42.3 Å². The smallest absolute Gasteiger partial charge is 0.266 e. The van der Waals surface area contributed by atoms with E-state index in [2.05, 4.69) is 4.90 Å². The number of piperazine rings is 1. The minimum Gasteiger partial charge on any atom is -0.483 e. The Morgan fingerprint density at radius 2 is 1.71 bits per heavy atom. The molecule has 0 radical (unpaired) electrons. The van der Waals surface area contributed by atoms with E-state index < -0.39 is 33.1 Å². The molecule has 2 atom stereocenters. The molecule has 41 heavy (non-hydrogen) atoms. The standard InChI is InChI=1S/C29H30ClF2N3O5S/c1-19-16-35(20(2)15-34(19)17-21-7-10-24(31)11-8-21)29(37)18-40-26-12-9-23(30)13-22(26)14-28(36)33-41(38,39)27-6-4-3-5-25(27)32/h3-13,19-20H,14-18H2,1-2H3,(H,33,36). The first kappa shape index (κ1) is 30.4. The van der Waals surface area contributed by atoms with Gasteiger partial charge in [-0.15, -0.1) is 0 Å². The molecule has 1 saturated heterocycles. The number of ether oxygens (including phenoxy) is 1. The van der Waals surface area contributed by atoms with Gasteiger partial charge in [0.2, 0.25) is 5.91 Å². The van der Waals surface area contributed by atoms with Crippen molar-refractivity contribution in [3.63, 3.8) is 0 Å². The van der Waals surface area contributed by atoms with Crippen LogP contribution in [0.15, 0.2) is 71.6 Å². The molecule has 1 aliphatic rings. The fraction of sp³-hybridized carbons (Fsp3) is 0.310. The van der Waals surface area contributed by atoms with Gasteiger partial charge in [0.15, 0.2) is 6.61 Å². The van der Waals surface area contributed by atoms with Gasteiger partial charge in [0.25, 0.3) is 15.9 Å². The van der Waals surface area contributed by atoms with Crippen LogP contribution < -0.4 is 9.46 Å². The Balaban J connectivity index is 1.37. The maximum Gasteiger partial charge on any atom is 0.266 e. The first-order valence-electron chi connectivity index (χ1n) is 12.9. The largest absolute Gasteiger partial charge is 0.483 e. The van der Waals surface area contributed by atoms with Gasteiger partial charge < -0.3 is 9.64 Å². The number of nitrogens with zero attached hydrogens (tertiary/aromatic N) is 2. The average Bonchev–Trinajstić information content (AvgIpc) is 2.91. The highest BCUT2D eigenvalue weighted by Gasteiger charge is 2.32. The third kappa shape index (κ3) is 7.81. The van der Waals surface area contributed by atoms with Crippen LogP contribution in [-0.4, -0.2) is 61.8 Å². The number of carbonyl (C=O) groups is 2. The quantitative estimate of drug-likeness (QED) is 0.393. The first-order chi connectivity index (χ1) is 19.4. The van der Waals surface area contributed by atoms with Crippen LogP contribution in [0.1, 0.15) is 25.0 Å². The number of rotatable bonds is 9. The summed E-state index contributed by atoms with van der Waals surface area (Å²) in [6.45, 7) is 5.37. The lowest BCUT2D eigenvalue weighted by Crippen LogP contribution is -2.58. The third-order valence-corrected chi connectivity index (χ3v) is 8.47. The van der Waals surface area contributed by atoms with E-state index in [4.69, 9.17) is 16.3 Å². The van der Waals surface area contributed by atoms with Crippen LogP contribution in [0.4, 0.5) is 8.78 Å². The summed E-state index contributed by atoms with van der Waals surface area (Å²) in [5.74, 6) is -2.26. The van der Waals surface area contributed by atoms with Gasteiger partial charge in [-0.1, -0.05) is 35.9 Å². The molecule has 0 aromatic heterocycles. The predicted octanol–water partition coefficient (Wildman–Crippen LogP) is 4.17. The second-order valence-electron chi connectivity index (χ2n) is 9.98. The monoisotopic (exact) mass is 605 g/mol. The molecule has 8 nitrogen and oxygen atoms in total. The summed E-state index contributed by atoms with van der Waals surface area (Å²) < 4.78 is 59.8. The molecule has 0 saturated carbocycles. The summed E-state index contributed by atoms with van der Waals surface area (Å²) in [5.41, 5.74) is 1.24. The summed E-state index contributed by atoms with van der Waals surface area (Å²) in [6.07, 6.45) is -0.437. The van der Waals surface area contributed by atoms with Gasteiger partial charge in [-0.3, -0.25) is 14.5 Å². The van der Waals surface area contributed by atoms with E-state index in [1.165, 1.54) is 42.5 Å². The number of amides is 2. The molecule has 0 bridgehead atoms. The zero-order valence-corrected chi connectivity index (χ0v) is 24.1. The molecule has 4 rings (SSSR count). The topological polar surface area (TPSA) is 96.0 Å². The van der Waals surface area contributed by atoms with Gasteiger partial charge in [-0.25, -0.2) is 21.9 Å². The number of hydrogen-bond acceptors (Lipinski definition) is 6. The fourth-order valence-corrected chi connectivity index (χ4v) is 5.98. The summed E-state index contributed by atoms with van der Waals surface area (Å²) in [6, 6.07) is 15.5. The minimum atomic E-state index is -4.44. The zero-order valence-electron chi connectivity index (χ0n) is 22.5. The Kier molecular flexibility index (Phi) is 9.62. The molecule has 3 aromatic rings. The number of halogens is 3. The third-order valence-electron chi connectivity index (χ3n) is 6.83. The maximum absolute atomic E-state index is 14.0. The maximum atomic E-state index is 14.0. The van der Waals surface area contributed by atoms with Crippen LogP contribution in [0.25, 0.3) is 0 Å². The fourth-order valence-electron chi connectivity index (χ4n) is 4.72. The number of hydrogen-bond donors (Lipinski definition) is 1. The van der Waals surface area contributed by atoms with Crippen LogP contribution in [-0.2, 0) is 32.6 Å². The van der Waals surface area contributed by atoms with Crippen LogP contribution in [0, 0.1) is 11.6 Å². The van der Waals surface area contributed by atoms with E-state index in [0.29, 0.717) is 19.6 Å². The number of benzene rings is 3. The molecule has 1 N–H and O–H groups in total. The first-order valence-corrected chi connectivity index (χ1v) is 14.8. The van der Waals surface area contributed by atoms with Crippen molar-refractivity contribution in [2.24, 2.45) is 0 Å². The van der Waals surface area contributed by atoms with Crippen molar-refractivity contribution in [1.82, 2.24) is 14.5 Å². The van der Waals surface area contributed by atoms with E-state index in [0.717, 1.165) is 17.7 Å². The summed E-state index contributed by atoms with van der Waals surface area (Å²) in [7, 11) is -4.44. The van der Waals surface area contributed by atoms with Gasteiger partial charge >= 0.3 is 0 Å². The number of sulfonamides is 1. The Morgan fingerprint density at radius 1 is 1.00 bits per heavy atom. The van der Waals surface area contributed by atoms with E-state index >= 15 is 0 Å². The van der Waals surface area contributed by atoms with Crippen molar-refractivity contribution in [1.29, 1.82) is 0 Å². The number of carbonyl (C=O) groups excluding carboxylic acids is 2. The average molecular weight is 606 g/mol. The summed E-state index contributed by atoms with van der Waals surface area (Å²) in [5, 5.41) is 0.281. The molecular formula is C29H30ClF2N3O5S. The van der Waals surface area contributed by atoms with E-state index in [-0.39, 0.29) is 46.8 Å². The Morgan fingerprint density at radius 3 is 2.41 bits per heavy atom. The lowest BCUT2D eigenvalue weighted by molar-refractivity contribution is -0.139. The van der Waals surface area contributed by atoms with Crippen molar-refractivity contribution in [3.8, 4) is 5.75 Å². The molecule has 0 spiro atoms. The van der Waals surface area contributed by atoms with Crippen molar-refractivity contribution < 1.29 is 31.5 Å². The number of nitrogens with one attached hydrogen (secondary N) is 1. The lowest BCUT2D eigenvalue weighted by atomic mass is 10.1.